The van der Waals surface area contributed by atoms with Crippen LogP contribution in [0.5, 0.6) is 0 Å². The van der Waals surface area contributed by atoms with Gasteiger partial charge in [-0.05, 0) is 81.7 Å². The minimum atomic E-state index is -0.512. The average molecular weight is 483 g/mol. The summed E-state index contributed by atoms with van der Waals surface area (Å²) in [5, 5.41) is 0.660. The number of hydrogen-bond acceptors (Lipinski definition) is 4. The highest BCUT2D eigenvalue weighted by atomic mass is 35.5. The smallest absolute Gasteiger partial charge is 0.410 e. The number of fused-ring (bicyclic) bond motifs is 1. The number of nitrogens with zero attached hydrogens (tertiary/aromatic N) is 2. The summed E-state index contributed by atoms with van der Waals surface area (Å²) in [5.74, 6) is 0.319. The molecule has 182 valence electrons. The molecule has 0 radical (unpaired) electrons. The Hall–Kier alpha value is -2.66. The van der Waals surface area contributed by atoms with E-state index in [4.69, 9.17) is 21.3 Å². The Bertz CT molecular complexity index is 1020. The third kappa shape index (κ3) is 6.26. The Morgan fingerprint density at radius 2 is 2.00 bits per heavy atom. The summed E-state index contributed by atoms with van der Waals surface area (Å²) < 4.78 is 5.58. The zero-order valence-corrected chi connectivity index (χ0v) is 21.4. The van der Waals surface area contributed by atoms with E-state index in [0.29, 0.717) is 31.0 Å². The van der Waals surface area contributed by atoms with Crippen molar-refractivity contribution in [2.24, 2.45) is 10.9 Å². The Kier molecular flexibility index (Phi) is 8.53. The van der Waals surface area contributed by atoms with Crippen LogP contribution in [0.2, 0.25) is 5.02 Å². The molecule has 0 aromatic heterocycles. The van der Waals surface area contributed by atoms with Crippen molar-refractivity contribution < 1.29 is 14.3 Å². The zero-order chi connectivity index (χ0) is 24.9. The van der Waals surface area contributed by atoms with E-state index in [2.05, 4.69) is 24.8 Å². The number of ether oxygens (including phenoxy) is 1. The molecule has 0 saturated carbocycles. The first-order valence-corrected chi connectivity index (χ1v) is 12.3. The summed E-state index contributed by atoms with van der Waals surface area (Å²) in [4.78, 5) is 30.5. The second-order valence-corrected chi connectivity index (χ2v) is 10.4. The molecule has 3 rings (SSSR count). The quantitative estimate of drug-likeness (QED) is 0.435. The van der Waals surface area contributed by atoms with Gasteiger partial charge in [0.1, 0.15) is 11.9 Å². The highest BCUT2D eigenvalue weighted by Crippen LogP contribution is 2.42. The predicted octanol–water partition coefficient (Wildman–Crippen LogP) is 6.98. The van der Waals surface area contributed by atoms with Crippen molar-refractivity contribution in [2.45, 2.75) is 64.9 Å². The lowest BCUT2D eigenvalue weighted by Gasteiger charge is -2.38. The highest BCUT2D eigenvalue weighted by molar-refractivity contribution is 6.30. The fraction of sp³-hybridized carbons (Fsp3) is 0.464. The first kappa shape index (κ1) is 26.0. The summed E-state index contributed by atoms with van der Waals surface area (Å²) >= 11 is 6.37. The van der Waals surface area contributed by atoms with Crippen LogP contribution in [0.4, 0.5) is 4.79 Å². The van der Waals surface area contributed by atoms with Crippen LogP contribution in [-0.2, 0) is 9.53 Å². The second-order valence-electron chi connectivity index (χ2n) is 9.92. The van der Waals surface area contributed by atoms with Crippen molar-refractivity contribution in [3.05, 3.63) is 64.3 Å². The van der Waals surface area contributed by atoms with Crippen LogP contribution in [0, 0.1) is 5.92 Å². The monoisotopic (exact) mass is 482 g/mol. The van der Waals surface area contributed by atoms with E-state index in [1.165, 1.54) is 0 Å². The number of piperidine rings is 1. The first-order chi connectivity index (χ1) is 16.2. The maximum Gasteiger partial charge on any atom is 0.410 e. The van der Waals surface area contributed by atoms with Crippen LogP contribution < -0.4 is 0 Å². The summed E-state index contributed by atoms with van der Waals surface area (Å²) in [7, 11) is 0. The van der Waals surface area contributed by atoms with Crippen LogP contribution in [0.25, 0.3) is 6.08 Å². The first-order valence-electron chi connectivity index (χ1n) is 11.9. The van der Waals surface area contributed by atoms with Gasteiger partial charge in [0.05, 0.1) is 5.71 Å². The summed E-state index contributed by atoms with van der Waals surface area (Å²) in [6.07, 6.45) is 9.17. The van der Waals surface area contributed by atoms with Gasteiger partial charge in [0, 0.05) is 36.7 Å². The van der Waals surface area contributed by atoms with Crippen molar-refractivity contribution in [1.29, 1.82) is 0 Å². The van der Waals surface area contributed by atoms with Crippen molar-refractivity contribution in [3.8, 4) is 0 Å². The molecule has 1 heterocycles. The Morgan fingerprint density at radius 1 is 1.29 bits per heavy atom. The molecule has 0 bridgehead atoms. The number of halogens is 1. The molecule has 6 heteroatoms. The van der Waals surface area contributed by atoms with Crippen molar-refractivity contribution >= 4 is 35.8 Å². The third-order valence-corrected chi connectivity index (χ3v) is 6.61. The molecule has 34 heavy (non-hydrogen) atoms. The Balaban J connectivity index is 2.01. The van der Waals surface area contributed by atoms with Gasteiger partial charge in [-0.25, -0.2) is 4.79 Å². The van der Waals surface area contributed by atoms with Gasteiger partial charge in [0.2, 0.25) is 0 Å². The van der Waals surface area contributed by atoms with E-state index in [0.717, 1.165) is 47.1 Å². The van der Waals surface area contributed by atoms with Gasteiger partial charge in [-0.15, -0.1) is 0 Å². The van der Waals surface area contributed by atoms with E-state index in [9.17, 15) is 9.59 Å². The molecule has 1 atom stereocenters. The highest BCUT2D eigenvalue weighted by Gasteiger charge is 2.36. The van der Waals surface area contributed by atoms with Gasteiger partial charge in [0.25, 0.3) is 0 Å². The van der Waals surface area contributed by atoms with Crippen molar-refractivity contribution in [2.75, 3.05) is 13.1 Å². The average Bonchev–Trinajstić information content (AvgIpc) is 2.77. The number of carbonyl (C=O) groups excluding carboxylic acids is 2. The van der Waals surface area contributed by atoms with Crippen molar-refractivity contribution in [1.82, 2.24) is 4.90 Å². The molecule has 1 amide bonds. The summed E-state index contributed by atoms with van der Waals surface area (Å²) in [6, 6.07) is 5.96. The van der Waals surface area contributed by atoms with E-state index >= 15 is 0 Å². The number of allylic oxidation sites excluding steroid dienone is 3. The Morgan fingerprint density at radius 3 is 2.59 bits per heavy atom. The van der Waals surface area contributed by atoms with Gasteiger partial charge in [-0.2, -0.15) is 0 Å². The van der Waals surface area contributed by atoms with Crippen LogP contribution in [0.15, 0.2) is 53.2 Å². The van der Waals surface area contributed by atoms with Gasteiger partial charge in [-0.3, -0.25) is 4.99 Å². The number of carbonyl (C=O) groups is 2. The molecule has 2 aliphatic rings. The molecule has 1 unspecified atom stereocenters. The largest absolute Gasteiger partial charge is 0.444 e. The molecule has 1 fully saturated rings. The number of hydrogen-bond donors (Lipinski definition) is 0. The molecule has 5 nitrogen and oxygen atoms in total. The lowest BCUT2D eigenvalue weighted by atomic mass is 9.72. The molecule has 0 N–H and O–H groups in total. The number of aliphatic imine (C=N–C) groups is 1. The molecule has 1 aromatic rings. The maximum absolute atomic E-state index is 12.6. The molecule has 1 aliphatic heterocycles. The number of likely N-dealkylation sites (tertiary alicyclic amines) is 1. The lowest BCUT2D eigenvalue weighted by Crippen LogP contribution is -2.43. The number of aldehydes is 1. The second kappa shape index (κ2) is 11.2. The van der Waals surface area contributed by atoms with Gasteiger partial charge >= 0.3 is 6.09 Å². The SMILES string of the molecule is C=CN=C1/C(=C\C)C/C(CC=O)=C\c2cc(Cl)ccc2C1C1CCN(C(=O)OC(C)(C)C)CC1. The van der Waals surface area contributed by atoms with Crippen LogP contribution >= 0.6 is 11.6 Å². The fourth-order valence-corrected chi connectivity index (χ4v) is 5.06. The van der Waals surface area contributed by atoms with Gasteiger partial charge < -0.3 is 14.4 Å². The molecule has 1 saturated heterocycles. The number of amides is 1. The molecular weight excluding hydrogens is 448 g/mol. The normalized spacial score (nSPS) is 23.5. The minimum absolute atomic E-state index is 0.0336. The number of benzene rings is 1. The molecule has 1 aliphatic carbocycles. The van der Waals surface area contributed by atoms with Crippen molar-refractivity contribution in [3.63, 3.8) is 0 Å². The Labute approximate surface area is 208 Å². The van der Waals surface area contributed by atoms with Gasteiger partial charge in [-0.1, -0.05) is 42.0 Å². The predicted molar refractivity (Wildman–Crippen MR) is 139 cm³/mol. The third-order valence-electron chi connectivity index (χ3n) is 6.37. The van der Waals surface area contributed by atoms with E-state index < -0.39 is 5.60 Å². The minimum Gasteiger partial charge on any atom is -0.444 e. The standard InChI is InChI=1S/C28H35ClN2O3/c1-6-20-16-19(12-15-32)17-22-18-23(29)8-9-24(22)25(26(20)30-7-2)21-10-13-31(14-11-21)27(33)34-28(3,4)5/h6-9,15,17-18,21,25H,2,10-14,16H2,1,3-5H3/b19-17-,20-6-,30-26?. The molecular formula is C28H35ClN2O3. The molecule has 1 aromatic carbocycles. The fourth-order valence-electron chi connectivity index (χ4n) is 4.88. The lowest BCUT2D eigenvalue weighted by molar-refractivity contribution is -0.107. The van der Waals surface area contributed by atoms with E-state index in [1.807, 2.05) is 39.8 Å². The summed E-state index contributed by atoms with van der Waals surface area (Å²) in [5.41, 5.74) is 4.77. The van der Waals surface area contributed by atoms with E-state index in [-0.39, 0.29) is 17.9 Å². The molecule has 0 spiro atoms. The zero-order valence-electron chi connectivity index (χ0n) is 20.6. The maximum atomic E-state index is 12.6. The topological polar surface area (TPSA) is 59.0 Å². The summed E-state index contributed by atoms with van der Waals surface area (Å²) in [6.45, 7) is 12.8. The van der Waals surface area contributed by atoms with Gasteiger partial charge in [0.15, 0.2) is 0 Å². The van der Waals surface area contributed by atoms with Crippen LogP contribution in [-0.4, -0.2) is 41.7 Å². The van der Waals surface area contributed by atoms with Crippen LogP contribution in [0.1, 0.15) is 70.4 Å². The number of rotatable bonds is 4. The van der Waals surface area contributed by atoms with Crippen LogP contribution in [0.3, 0.4) is 0 Å². The van der Waals surface area contributed by atoms with E-state index in [1.54, 1.807) is 11.1 Å².